The third kappa shape index (κ3) is 5.75. The number of hydrogen-bond donors (Lipinski definition) is 2. The second-order valence-electron chi connectivity index (χ2n) is 6.24. The quantitative estimate of drug-likeness (QED) is 0.660. The van der Waals surface area contributed by atoms with E-state index < -0.39 is 32.7 Å². The fraction of sp³-hybridized carbons (Fsp3) is 0.250. The van der Waals surface area contributed by atoms with Crippen molar-refractivity contribution in [1.29, 1.82) is 0 Å². The molecule has 8 heteroatoms. The highest BCUT2D eigenvalue weighted by Gasteiger charge is 2.33. The van der Waals surface area contributed by atoms with E-state index in [1.165, 1.54) is 13.0 Å². The Morgan fingerprint density at radius 3 is 2.18 bits per heavy atom. The molecule has 28 heavy (non-hydrogen) atoms. The molecule has 0 radical (unpaired) electrons. The van der Waals surface area contributed by atoms with Crippen LogP contribution in [0.1, 0.15) is 30.6 Å². The molecule has 0 aromatic heterocycles. The molecule has 0 saturated carbocycles. The van der Waals surface area contributed by atoms with E-state index in [1.54, 1.807) is 55.5 Å². The average Bonchev–Trinajstić information content (AvgIpc) is 2.62. The Morgan fingerprint density at radius 2 is 1.57 bits per heavy atom. The molecule has 2 amide bonds. The first kappa shape index (κ1) is 21.3. The Balaban J connectivity index is 2.09. The molecule has 0 saturated heterocycles. The van der Waals surface area contributed by atoms with Gasteiger partial charge in [-0.05, 0) is 37.6 Å². The van der Waals surface area contributed by atoms with Gasteiger partial charge in [0.05, 0.1) is 0 Å². The number of benzene rings is 2. The van der Waals surface area contributed by atoms with Crippen molar-refractivity contribution in [2.75, 3.05) is 16.4 Å². The fourth-order valence-corrected chi connectivity index (χ4v) is 4.17. The number of Topliss-reactive ketones (excluding diaryl/α,β-unsaturated/α-hetero) is 1. The highest BCUT2D eigenvalue weighted by atomic mass is 32.2. The molecule has 1 atom stereocenters. The Hall–Kier alpha value is -3.00. The second kappa shape index (κ2) is 9.27. The summed E-state index contributed by atoms with van der Waals surface area (Å²) in [5.41, 5.74) is 1.19. The zero-order valence-corrected chi connectivity index (χ0v) is 16.5. The molecule has 2 rings (SSSR count). The average molecular weight is 402 g/mol. The van der Waals surface area contributed by atoms with Gasteiger partial charge in [0.1, 0.15) is 11.0 Å². The molecule has 0 fully saturated rings. The Kier molecular flexibility index (Phi) is 7.06. The number of amides is 2. The van der Waals surface area contributed by atoms with Crippen LogP contribution in [-0.4, -0.2) is 37.0 Å². The molecule has 0 spiro atoms. The van der Waals surface area contributed by atoms with Crippen molar-refractivity contribution in [2.24, 2.45) is 0 Å². The summed E-state index contributed by atoms with van der Waals surface area (Å²) >= 11 is 0. The first-order valence-electron chi connectivity index (χ1n) is 8.71. The summed E-state index contributed by atoms with van der Waals surface area (Å²) in [5.74, 6) is -2.43. The van der Waals surface area contributed by atoms with Crippen molar-refractivity contribution in [3.05, 3.63) is 60.2 Å². The molecule has 0 heterocycles. The molecule has 2 aromatic carbocycles. The van der Waals surface area contributed by atoms with Crippen LogP contribution >= 0.6 is 0 Å². The predicted octanol–water partition coefficient (Wildman–Crippen LogP) is 2.66. The smallest absolute Gasteiger partial charge is 0.242 e. The van der Waals surface area contributed by atoms with Gasteiger partial charge in [-0.1, -0.05) is 37.3 Å². The highest BCUT2D eigenvalue weighted by Crippen LogP contribution is 2.15. The normalized spacial score (nSPS) is 12.1. The molecule has 2 aromatic rings. The fourth-order valence-electron chi connectivity index (χ4n) is 2.64. The van der Waals surface area contributed by atoms with Gasteiger partial charge < -0.3 is 10.6 Å². The van der Waals surface area contributed by atoms with Crippen LogP contribution in [0.4, 0.5) is 11.4 Å². The topological polar surface area (TPSA) is 109 Å². The standard InChI is InChI=1S/C20H22N2O5S/c1-3-18(20(25)22-17-11-7-8-15(12-17)14(2)23)28(26,27)13-19(24)21-16-9-5-4-6-10-16/h4-12,18H,3,13H2,1-2H3,(H,21,24)(H,22,25). The summed E-state index contributed by atoms with van der Waals surface area (Å²) < 4.78 is 25.2. The van der Waals surface area contributed by atoms with E-state index in [0.717, 1.165) is 0 Å². The van der Waals surface area contributed by atoms with E-state index in [2.05, 4.69) is 10.6 Å². The summed E-state index contributed by atoms with van der Waals surface area (Å²) in [6.45, 7) is 2.95. The third-order valence-corrected chi connectivity index (χ3v) is 6.10. The lowest BCUT2D eigenvalue weighted by molar-refractivity contribution is -0.115. The van der Waals surface area contributed by atoms with Crippen LogP contribution in [0.25, 0.3) is 0 Å². The number of para-hydroxylation sites is 1. The van der Waals surface area contributed by atoms with Crippen molar-refractivity contribution in [1.82, 2.24) is 0 Å². The maximum Gasteiger partial charge on any atom is 0.242 e. The van der Waals surface area contributed by atoms with Crippen LogP contribution in [0.2, 0.25) is 0 Å². The second-order valence-corrected chi connectivity index (χ2v) is 8.43. The van der Waals surface area contributed by atoms with Gasteiger partial charge in [-0.25, -0.2) is 8.42 Å². The van der Waals surface area contributed by atoms with Crippen molar-refractivity contribution >= 4 is 38.8 Å². The van der Waals surface area contributed by atoms with Crippen LogP contribution in [0.15, 0.2) is 54.6 Å². The SMILES string of the molecule is CCC(C(=O)Nc1cccc(C(C)=O)c1)S(=O)(=O)CC(=O)Nc1ccccc1. The summed E-state index contributed by atoms with van der Waals surface area (Å²) in [5, 5.41) is 3.63. The number of carbonyl (C=O) groups excluding carboxylic acids is 3. The Labute approximate surface area is 164 Å². The van der Waals surface area contributed by atoms with E-state index in [4.69, 9.17) is 0 Å². The van der Waals surface area contributed by atoms with Crippen molar-refractivity contribution < 1.29 is 22.8 Å². The van der Waals surface area contributed by atoms with Gasteiger partial charge in [-0.3, -0.25) is 14.4 Å². The van der Waals surface area contributed by atoms with Gasteiger partial charge in [0.15, 0.2) is 15.6 Å². The van der Waals surface area contributed by atoms with Crippen molar-refractivity contribution in [2.45, 2.75) is 25.5 Å². The number of sulfone groups is 1. The van der Waals surface area contributed by atoms with Gasteiger partial charge in [0.25, 0.3) is 0 Å². The van der Waals surface area contributed by atoms with E-state index in [-0.39, 0.29) is 12.2 Å². The van der Waals surface area contributed by atoms with E-state index in [1.807, 2.05) is 0 Å². The van der Waals surface area contributed by atoms with E-state index in [0.29, 0.717) is 16.9 Å². The number of nitrogens with one attached hydrogen (secondary N) is 2. The van der Waals surface area contributed by atoms with Gasteiger partial charge in [0.2, 0.25) is 11.8 Å². The minimum atomic E-state index is -4.03. The lowest BCUT2D eigenvalue weighted by Gasteiger charge is -2.16. The maximum absolute atomic E-state index is 12.6. The van der Waals surface area contributed by atoms with Crippen LogP contribution in [0.3, 0.4) is 0 Å². The summed E-state index contributed by atoms with van der Waals surface area (Å²) in [7, 11) is -4.03. The Bertz CT molecular complexity index is 971. The maximum atomic E-state index is 12.6. The predicted molar refractivity (Wildman–Crippen MR) is 108 cm³/mol. The van der Waals surface area contributed by atoms with Gasteiger partial charge in [-0.2, -0.15) is 0 Å². The molecule has 0 aliphatic carbocycles. The first-order chi connectivity index (χ1) is 13.2. The lowest BCUT2D eigenvalue weighted by Crippen LogP contribution is -2.39. The third-order valence-electron chi connectivity index (χ3n) is 4.02. The molecule has 0 aliphatic rings. The number of ketones is 1. The number of anilines is 2. The zero-order chi connectivity index (χ0) is 20.7. The monoisotopic (exact) mass is 402 g/mol. The van der Waals surface area contributed by atoms with E-state index >= 15 is 0 Å². The minimum absolute atomic E-state index is 0.0131. The molecule has 1 unspecified atom stereocenters. The highest BCUT2D eigenvalue weighted by molar-refractivity contribution is 7.93. The van der Waals surface area contributed by atoms with Crippen LogP contribution in [-0.2, 0) is 19.4 Å². The Morgan fingerprint density at radius 1 is 0.929 bits per heavy atom. The van der Waals surface area contributed by atoms with Crippen LogP contribution in [0.5, 0.6) is 0 Å². The van der Waals surface area contributed by atoms with Crippen molar-refractivity contribution in [3.63, 3.8) is 0 Å². The summed E-state index contributed by atoms with van der Waals surface area (Å²) in [4.78, 5) is 36.0. The molecule has 0 bridgehead atoms. The van der Waals surface area contributed by atoms with Crippen LogP contribution in [0, 0.1) is 0 Å². The minimum Gasteiger partial charge on any atom is -0.325 e. The molecular formula is C20H22N2O5S. The van der Waals surface area contributed by atoms with Crippen LogP contribution < -0.4 is 10.6 Å². The van der Waals surface area contributed by atoms with Gasteiger partial charge in [0, 0.05) is 16.9 Å². The molecular weight excluding hydrogens is 380 g/mol. The number of carbonyl (C=O) groups is 3. The largest absolute Gasteiger partial charge is 0.325 e. The molecule has 148 valence electrons. The summed E-state index contributed by atoms with van der Waals surface area (Å²) in [6, 6.07) is 14.7. The molecule has 0 aliphatic heterocycles. The van der Waals surface area contributed by atoms with Gasteiger partial charge in [-0.15, -0.1) is 0 Å². The number of rotatable bonds is 8. The first-order valence-corrected chi connectivity index (χ1v) is 10.4. The van der Waals surface area contributed by atoms with Crippen molar-refractivity contribution in [3.8, 4) is 0 Å². The van der Waals surface area contributed by atoms with E-state index in [9.17, 15) is 22.8 Å². The summed E-state index contributed by atoms with van der Waals surface area (Å²) in [6.07, 6.45) is 0.0131. The molecule has 2 N–H and O–H groups in total. The van der Waals surface area contributed by atoms with Gasteiger partial charge >= 0.3 is 0 Å². The number of hydrogen-bond acceptors (Lipinski definition) is 5. The zero-order valence-electron chi connectivity index (χ0n) is 15.6. The lowest BCUT2D eigenvalue weighted by atomic mass is 10.1. The molecule has 7 nitrogen and oxygen atoms in total.